The molecule has 0 saturated carbocycles. The maximum absolute atomic E-state index is 13.7. The molecule has 0 aromatic heterocycles. The lowest BCUT2D eigenvalue weighted by molar-refractivity contribution is 0.0959. The van der Waals surface area contributed by atoms with Gasteiger partial charge >= 0.3 is 0 Å². The lowest BCUT2D eigenvalue weighted by Crippen LogP contribution is -2.08. The molecule has 0 fully saturated rings. The molecule has 1 unspecified atom stereocenters. The highest BCUT2D eigenvalue weighted by molar-refractivity contribution is 5.96. The number of hydrogen-bond donors (Lipinski definition) is 0. The van der Waals surface area contributed by atoms with Crippen molar-refractivity contribution in [3.05, 3.63) is 29.6 Å². The van der Waals surface area contributed by atoms with Crippen LogP contribution in [0.3, 0.4) is 0 Å². The summed E-state index contributed by atoms with van der Waals surface area (Å²) in [5.41, 5.74) is 0.125. The van der Waals surface area contributed by atoms with Crippen molar-refractivity contribution in [3.63, 3.8) is 0 Å². The molecule has 16 heavy (non-hydrogen) atoms. The van der Waals surface area contributed by atoms with E-state index >= 15 is 0 Å². The van der Waals surface area contributed by atoms with E-state index in [1.807, 2.05) is 13.8 Å². The van der Waals surface area contributed by atoms with Crippen LogP contribution >= 0.6 is 0 Å². The molecule has 0 aliphatic heterocycles. The van der Waals surface area contributed by atoms with Crippen LogP contribution in [0.15, 0.2) is 18.2 Å². The van der Waals surface area contributed by atoms with Crippen molar-refractivity contribution >= 4 is 5.78 Å². The average molecular weight is 224 g/mol. The minimum Gasteiger partial charge on any atom is -0.494 e. The number of carbonyl (C=O) groups excluding carboxylic acids is 1. The van der Waals surface area contributed by atoms with E-state index in [-0.39, 0.29) is 23.0 Å². The van der Waals surface area contributed by atoms with Crippen LogP contribution < -0.4 is 4.74 Å². The third-order valence-electron chi connectivity index (χ3n) is 2.71. The second-order valence-corrected chi connectivity index (χ2v) is 3.96. The summed E-state index contributed by atoms with van der Waals surface area (Å²) in [5.74, 6) is -0.322. The Hall–Kier alpha value is -1.38. The lowest BCUT2D eigenvalue weighted by atomic mass is 9.97. The molecule has 0 aliphatic carbocycles. The molecule has 3 heteroatoms. The molecular formula is C13H17FO2. The first kappa shape index (κ1) is 12.7. The first-order valence-corrected chi connectivity index (χ1v) is 5.45. The van der Waals surface area contributed by atoms with E-state index in [1.54, 1.807) is 6.07 Å². The van der Waals surface area contributed by atoms with Gasteiger partial charge in [0.05, 0.1) is 12.7 Å². The molecular weight excluding hydrogens is 207 g/mol. The topological polar surface area (TPSA) is 26.3 Å². The van der Waals surface area contributed by atoms with Gasteiger partial charge in [-0.25, -0.2) is 4.39 Å². The van der Waals surface area contributed by atoms with Crippen molar-refractivity contribution < 1.29 is 13.9 Å². The number of rotatable bonds is 5. The molecule has 1 atom stereocenters. The number of hydrogen-bond acceptors (Lipinski definition) is 2. The average Bonchev–Trinajstić information content (AvgIpc) is 2.29. The smallest absolute Gasteiger partial charge is 0.175 e. The van der Waals surface area contributed by atoms with E-state index in [9.17, 15) is 9.18 Å². The highest BCUT2D eigenvalue weighted by Crippen LogP contribution is 2.22. The summed E-state index contributed by atoms with van der Waals surface area (Å²) in [5, 5.41) is 0. The summed E-state index contributed by atoms with van der Waals surface area (Å²) in [6.07, 6.45) is 1.29. The third-order valence-corrected chi connectivity index (χ3v) is 2.71. The zero-order valence-corrected chi connectivity index (χ0v) is 9.92. The maximum atomic E-state index is 13.7. The Morgan fingerprint density at radius 3 is 2.75 bits per heavy atom. The van der Waals surface area contributed by atoms with E-state index in [0.717, 1.165) is 6.42 Å². The Morgan fingerprint density at radius 2 is 2.19 bits per heavy atom. The van der Waals surface area contributed by atoms with Crippen LogP contribution in [-0.4, -0.2) is 12.9 Å². The van der Waals surface area contributed by atoms with E-state index in [1.165, 1.54) is 19.2 Å². The second-order valence-electron chi connectivity index (χ2n) is 3.96. The molecule has 0 amide bonds. The first-order chi connectivity index (χ1) is 7.60. The Balaban J connectivity index is 2.91. The van der Waals surface area contributed by atoms with Gasteiger partial charge < -0.3 is 4.74 Å². The monoisotopic (exact) mass is 224 g/mol. The van der Waals surface area contributed by atoms with E-state index < -0.39 is 5.82 Å². The summed E-state index contributed by atoms with van der Waals surface area (Å²) in [7, 11) is 1.39. The third kappa shape index (κ3) is 2.81. The van der Waals surface area contributed by atoms with Crippen molar-refractivity contribution in [2.24, 2.45) is 5.92 Å². The zero-order valence-electron chi connectivity index (χ0n) is 9.92. The second kappa shape index (κ2) is 5.64. The van der Waals surface area contributed by atoms with Gasteiger partial charge in [0, 0.05) is 6.42 Å². The fourth-order valence-electron chi connectivity index (χ4n) is 1.45. The van der Waals surface area contributed by atoms with Gasteiger partial charge in [0.15, 0.2) is 17.3 Å². The fraction of sp³-hybridized carbons (Fsp3) is 0.462. The normalized spacial score (nSPS) is 12.2. The molecule has 0 bridgehead atoms. The van der Waals surface area contributed by atoms with Crippen LogP contribution in [0.4, 0.5) is 4.39 Å². The maximum Gasteiger partial charge on any atom is 0.175 e. The summed E-state index contributed by atoms with van der Waals surface area (Å²) in [4.78, 5) is 11.8. The fourth-order valence-corrected chi connectivity index (χ4v) is 1.45. The minimum atomic E-state index is -0.557. The van der Waals surface area contributed by atoms with Gasteiger partial charge in [0.2, 0.25) is 0 Å². The van der Waals surface area contributed by atoms with Gasteiger partial charge in [-0.2, -0.15) is 0 Å². The summed E-state index contributed by atoms with van der Waals surface area (Å²) in [6.45, 7) is 4.00. The molecule has 0 radical (unpaired) electrons. The molecule has 0 heterocycles. The van der Waals surface area contributed by atoms with E-state index in [0.29, 0.717) is 6.42 Å². The van der Waals surface area contributed by atoms with Crippen LogP contribution in [0.25, 0.3) is 0 Å². The highest BCUT2D eigenvalue weighted by atomic mass is 19.1. The molecule has 88 valence electrons. The van der Waals surface area contributed by atoms with E-state index in [2.05, 4.69) is 0 Å². The van der Waals surface area contributed by atoms with Crippen molar-refractivity contribution in [1.29, 1.82) is 0 Å². The van der Waals surface area contributed by atoms with Gasteiger partial charge in [-0.1, -0.05) is 26.3 Å². The Labute approximate surface area is 95.4 Å². The Bertz CT molecular complexity index is 374. The number of Topliss-reactive ketones (excluding diaryl/α,β-unsaturated/α-hetero) is 1. The number of methoxy groups -OCH3 is 1. The summed E-state index contributed by atoms with van der Waals surface area (Å²) in [6, 6.07) is 4.64. The number of carbonyl (C=O) groups is 1. The Morgan fingerprint density at radius 1 is 1.50 bits per heavy atom. The molecule has 1 aromatic carbocycles. The molecule has 2 nitrogen and oxygen atoms in total. The predicted octanol–water partition coefficient (Wildman–Crippen LogP) is 3.45. The van der Waals surface area contributed by atoms with Crippen molar-refractivity contribution in [2.75, 3.05) is 7.11 Å². The quantitative estimate of drug-likeness (QED) is 0.716. The van der Waals surface area contributed by atoms with Gasteiger partial charge in [0.25, 0.3) is 0 Å². The minimum absolute atomic E-state index is 0.120. The van der Waals surface area contributed by atoms with Crippen LogP contribution in [0.2, 0.25) is 0 Å². The van der Waals surface area contributed by atoms with Gasteiger partial charge in [-0.15, -0.1) is 0 Å². The molecule has 0 saturated heterocycles. The molecule has 0 spiro atoms. The van der Waals surface area contributed by atoms with E-state index in [4.69, 9.17) is 4.74 Å². The van der Waals surface area contributed by atoms with Crippen LogP contribution in [0.5, 0.6) is 5.75 Å². The van der Waals surface area contributed by atoms with Crippen molar-refractivity contribution in [2.45, 2.75) is 26.7 Å². The predicted molar refractivity (Wildman–Crippen MR) is 61.4 cm³/mol. The summed E-state index contributed by atoms with van der Waals surface area (Å²) >= 11 is 0. The number of ether oxygens (including phenoxy) is 1. The lowest BCUT2D eigenvalue weighted by Gasteiger charge is -2.09. The molecule has 0 N–H and O–H groups in total. The van der Waals surface area contributed by atoms with Crippen LogP contribution in [-0.2, 0) is 0 Å². The first-order valence-electron chi connectivity index (χ1n) is 5.45. The highest BCUT2D eigenvalue weighted by Gasteiger charge is 2.16. The SMILES string of the molecule is CCC(C)CC(=O)c1cccc(OC)c1F. The largest absolute Gasteiger partial charge is 0.494 e. The standard InChI is InChI=1S/C13H17FO2/c1-4-9(2)8-11(15)10-6-5-7-12(16-3)13(10)14/h5-7,9H,4,8H2,1-3H3. The Kier molecular flexibility index (Phi) is 4.47. The van der Waals surface area contributed by atoms with Gasteiger partial charge in [-0.05, 0) is 18.1 Å². The number of halogens is 1. The van der Waals surface area contributed by atoms with Gasteiger partial charge in [-0.3, -0.25) is 4.79 Å². The van der Waals surface area contributed by atoms with Crippen LogP contribution in [0, 0.1) is 11.7 Å². The molecule has 1 aromatic rings. The number of benzene rings is 1. The van der Waals surface area contributed by atoms with Crippen molar-refractivity contribution in [1.82, 2.24) is 0 Å². The zero-order chi connectivity index (χ0) is 12.1. The van der Waals surface area contributed by atoms with Gasteiger partial charge in [0.1, 0.15) is 0 Å². The molecule has 0 aliphatic rings. The van der Waals surface area contributed by atoms with Crippen LogP contribution in [0.1, 0.15) is 37.0 Å². The summed E-state index contributed by atoms with van der Waals surface area (Å²) < 4.78 is 18.6. The number of ketones is 1. The molecule has 1 rings (SSSR count). The van der Waals surface area contributed by atoms with Crippen molar-refractivity contribution in [3.8, 4) is 5.75 Å².